The first-order chi connectivity index (χ1) is 27.0. The molecule has 2 heterocycles. The fourth-order valence-corrected chi connectivity index (χ4v) is 8.37. The van der Waals surface area contributed by atoms with Crippen LogP contribution in [0.15, 0.2) is 0 Å². The maximum Gasteiger partial charge on any atom is 0.305 e. The van der Waals surface area contributed by atoms with Gasteiger partial charge in [-0.15, -0.1) is 0 Å². The van der Waals surface area contributed by atoms with E-state index in [1.807, 2.05) is 0 Å². The van der Waals surface area contributed by atoms with E-state index in [1.54, 1.807) is 0 Å². The van der Waals surface area contributed by atoms with Gasteiger partial charge in [-0.3, -0.25) is 9.59 Å². The van der Waals surface area contributed by atoms with Crippen molar-refractivity contribution in [2.45, 2.75) is 257 Å². The summed E-state index contributed by atoms with van der Waals surface area (Å²) in [5.41, 5.74) is 0. The molecule has 2 unspecified atom stereocenters. The van der Waals surface area contributed by atoms with Gasteiger partial charge in [0.25, 0.3) is 0 Å². The highest BCUT2D eigenvalue weighted by molar-refractivity contribution is 5.69. The summed E-state index contributed by atoms with van der Waals surface area (Å²) in [5.74, 6) is 0.444. The summed E-state index contributed by atoms with van der Waals surface area (Å²) in [5, 5.41) is 0. The highest BCUT2D eigenvalue weighted by atomic mass is 16.7. The van der Waals surface area contributed by atoms with Crippen molar-refractivity contribution in [2.75, 3.05) is 33.4 Å². The van der Waals surface area contributed by atoms with E-state index in [2.05, 4.69) is 25.8 Å². The predicted octanol–water partition coefficient (Wildman–Crippen LogP) is 13.4. The predicted molar refractivity (Wildman–Crippen MR) is 229 cm³/mol. The molecule has 2 aliphatic heterocycles. The topological polar surface area (TPSA) is 74.3 Å². The van der Waals surface area contributed by atoms with E-state index >= 15 is 0 Å². The standard InChI is InChI=1S/C48H91NO6/c1-4-6-8-10-12-14-16-18-20-22-24-26-28-30-34-46(50)52-41-44-45(55-48(54-44)36-32-33-43-37-39-49(3)40-38-43)42-53-47(51)35-31-29-27-25-23-21-19-17-15-13-11-9-7-5-2/h43-45,48H,4-42H2,1-3H3. The minimum atomic E-state index is -0.400. The van der Waals surface area contributed by atoms with Crippen LogP contribution in [0.5, 0.6) is 0 Å². The van der Waals surface area contributed by atoms with Gasteiger partial charge in [0, 0.05) is 12.8 Å². The van der Waals surface area contributed by atoms with Gasteiger partial charge in [-0.1, -0.05) is 187 Å². The van der Waals surface area contributed by atoms with Crippen molar-refractivity contribution in [3.8, 4) is 0 Å². The zero-order valence-electron chi connectivity index (χ0n) is 36.8. The molecule has 0 aliphatic carbocycles. The molecule has 0 saturated carbocycles. The molecule has 7 nitrogen and oxygen atoms in total. The molecule has 0 aromatic carbocycles. The number of hydrogen-bond acceptors (Lipinski definition) is 7. The lowest BCUT2D eigenvalue weighted by atomic mass is 9.92. The normalized spacial score (nSPS) is 19.3. The number of unbranched alkanes of at least 4 members (excludes halogenated alkanes) is 26. The lowest BCUT2D eigenvalue weighted by Gasteiger charge is -2.29. The molecular weight excluding hydrogens is 687 g/mol. The lowest BCUT2D eigenvalue weighted by Crippen LogP contribution is -2.33. The summed E-state index contributed by atoms with van der Waals surface area (Å²) in [6.45, 7) is 7.23. The molecule has 55 heavy (non-hydrogen) atoms. The Morgan fingerprint density at radius 2 is 0.800 bits per heavy atom. The number of carbonyl (C=O) groups excluding carboxylic acids is 2. The van der Waals surface area contributed by atoms with Crippen LogP contribution in [0.1, 0.15) is 239 Å². The quantitative estimate of drug-likeness (QED) is 0.0456. The van der Waals surface area contributed by atoms with Crippen LogP contribution in [0.2, 0.25) is 0 Å². The summed E-state index contributed by atoms with van der Waals surface area (Å²) >= 11 is 0. The molecule has 7 heteroatoms. The highest BCUT2D eigenvalue weighted by Crippen LogP contribution is 2.27. The Balaban J connectivity index is 1.57. The SMILES string of the molecule is CCCCCCCCCCCCCCCCC(=O)OCC1OC(CCCC2CCN(C)CC2)OC1COC(=O)CCCCCCCCCCCCCCCC. The molecular formula is C48H91NO6. The molecule has 0 spiro atoms. The van der Waals surface area contributed by atoms with Crippen molar-refractivity contribution < 1.29 is 28.5 Å². The largest absolute Gasteiger partial charge is 0.463 e. The third-order valence-electron chi connectivity index (χ3n) is 12.2. The first-order valence-electron chi connectivity index (χ1n) is 24.3. The maximum absolute atomic E-state index is 12.6. The van der Waals surface area contributed by atoms with E-state index < -0.39 is 12.2 Å². The molecule has 0 amide bonds. The van der Waals surface area contributed by atoms with Crippen LogP contribution in [-0.4, -0.2) is 68.7 Å². The van der Waals surface area contributed by atoms with E-state index in [0.717, 1.165) is 44.4 Å². The summed E-state index contributed by atoms with van der Waals surface area (Å²) in [4.78, 5) is 27.7. The second-order valence-corrected chi connectivity index (χ2v) is 17.5. The second-order valence-electron chi connectivity index (χ2n) is 17.5. The number of carbonyl (C=O) groups is 2. The average Bonchev–Trinajstić information content (AvgIpc) is 3.58. The van der Waals surface area contributed by atoms with Gasteiger partial charge in [0.2, 0.25) is 0 Å². The number of likely N-dealkylation sites (tertiary alicyclic amines) is 1. The molecule has 0 aromatic rings. The molecule has 2 fully saturated rings. The second kappa shape index (κ2) is 35.9. The Morgan fingerprint density at radius 3 is 1.15 bits per heavy atom. The first kappa shape index (κ1) is 50.0. The Bertz CT molecular complexity index is 820. The third kappa shape index (κ3) is 28.8. The Kier molecular flexibility index (Phi) is 32.7. The number of ether oxygens (including phenoxy) is 4. The van der Waals surface area contributed by atoms with Crippen LogP contribution in [0.3, 0.4) is 0 Å². The number of hydrogen-bond donors (Lipinski definition) is 0. The summed E-state index contributed by atoms with van der Waals surface area (Å²) in [6.07, 6.45) is 41.6. The van der Waals surface area contributed by atoms with Crippen molar-refractivity contribution in [1.29, 1.82) is 0 Å². The van der Waals surface area contributed by atoms with Crippen molar-refractivity contribution in [3.63, 3.8) is 0 Å². The van der Waals surface area contributed by atoms with Crippen molar-refractivity contribution in [3.05, 3.63) is 0 Å². The molecule has 2 rings (SSSR count). The van der Waals surface area contributed by atoms with Gasteiger partial charge < -0.3 is 23.8 Å². The number of nitrogens with zero attached hydrogens (tertiary/aromatic N) is 1. The lowest BCUT2D eigenvalue weighted by molar-refractivity contribution is -0.151. The van der Waals surface area contributed by atoms with Gasteiger partial charge in [-0.05, 0) is 64.6 Å². The zero-order valence-corrected chi connectivity index (χ0v) is 36.8. The maximum atomic E-state index is 12.6. The van der Waals surface area contributed by atoms with Crippen molar-refractivity contribution in [2.24, 2.45) is 5.92 Å². The smallest absolute Gasteiger partial charge is 0.305 e. The third-order valence-corrected chi connectivity index (χ3v) is 12.2. The van der Waals surface area contributed by atoms with E-state index in [0.29, 0.717) is 12.8 Å². The molecule has 2 aliphatic rings. The van der Waals surface area contributed by atoms with Crippen molar-refractivity contribution in [1.82, 2.24) is 4.90 Å². The number of rotatable bonds is 38. The highest BCUT2D eigenvalue weighted by Gasteiger charge is 2.37. The molecule has 0 radical (unpaired) electrons. The van der Waals surface area contributed by atoms with Gasteiger partial charge in [0.05, 0.1) is 0 Å². The molecule has 324 valence electrons. The van der Waals surface area contributed by atoms with E-state index in [-0.39, 0.29) is 31.4 Å². The zero-order chi connectivity index (χ0) is 39.4. The molecule has 2 saturated heterocycles. The molecule has 0 aromatic heterocycles. The number of esters is 2. The van der Waals surface area contributed by atoms with Gasteiger partial charge in [-0.2, -0.15) is 0 Å². The summed E-state index contributed by atoms with van der Waals surface area (Å²) in [7, 11) is 2.20. The number of piperidine rings is 1. The molecule has 2 atom stereocenters. The van der Waals surface area contributed by atoms with Gasteiger partial charge in [0.15, 0.2) is 6.29 Å². The summed E-state index contributed by atoms with van der Waals surface area (Å²) in [6, 6.07) is 0. The fourth-order valence-electron chi connectivity index (χ4n) is 8.37. The van der Waals surface area contributed by atoms with E-state index in [9.17, 15) is 9.59 Å². The summed E-state index contributed by atoms with van der Waals surface area (Å²) < 4.78 is 24.0. The Morgan fingerprint density at radius 1 is 0.473 bits per heavy atom. The van der Waals surface area contributed by atoms with Crippen LogP contribution in [0.4, 0.5) is 0 Å². The first-order valence-corrected chi connectivity index (χ1v) is 24.3. The Labute approximate surface area is 340 Å². The van der Waals surface area contributed by atoms with Crippen LogP contribution in [-0.2, 0) is 28.5 Å². The Hall–Kier alpha value is -1.18. The molecule has 0 N–H and O–H groups in total. The average molecular weight is 778 g/mol. The van der Waals surface area contributed by atoms with E-state index in [1.165, 1.54) is 186 Å². The van der Waals surface area contributed by atoms with Gasteiger partial charge >= 0.3 is 11.9 Å². The van der Waals surface area contributed by atoms with Gasteiger partial charge in [-0.25, -0.2) is 0 Å². The van der Waals surface area contributed by atoms with Crippen molar-refractivity contribution >= 4 is 11.9 Å². The minimum absolute atomic E-state index is 0.157. The van der Waals surface area contributed by atoms with E-state index in [4.69, 9.17) is 18.9 Å². The monoisotopic (exact) mass is 778 g/mol. The van der Waals surface area contributed by atoms with Crippen LogP contribution in [0.25, 0.3) is 0 Å². The van der Waals surface area contributed by atoms with Crippen LogP contribution in [0, 0.1) is 5.92 Å². The van der Waals surface area contributed by atoms with Gasteiger partial charge in [0.1, 0.15) is 25.4 Å². The molecule has 0 bridgehead atoms. The van der Waals surface area contributed by atoms with Crippen LogP contribution >= 0.6 is 0 Å². The fraction of sp³-hybridized carbons (Fsp3) is 0.958. The van der Waals surface area contributed by atoms with Crippen LogP contribution < -0.4 is 0 Å². The minimum Gasteiger partial charge on any atom is -0.463 e.